The molecule has 1 aliphatic rings. The maximum atomic E-state index is 13.4. The molecule has 0 N–H and O–H groups in total. The average Bonchev–Trinajstić information content (AvgIpc) is 1.48. The molecule has 1 saturated carbocycles. The first-order valence-corrected chi connectivity index (χ1v) is 35.3. The molecule has 10 heterocycles. The standard InChI is InChI=1S/C16H15N6O2.C15H15N6O3.C14H10F3N6O2.C14H11F2N6O2.C14H13N6O3.5Y/c1-21-16(23)22(20-19-21)14-4-2-3-12(11-5-6-11)13(14)9-24-15-7-8-17-10-18-15;1-3-23-13-6-4-5-12(21-15(22)20(2)18-19-21)11(13)9-24-14-7-8-16-10-17-14;1-22-13(24)23(21-20-22)11-4-2-3-10(14(15,16)17)9(11)7-25-12-5-6-18-8-19-12;1-21-14(23)22(20-19-21)11-4-2-3-9(13(15)16)10(11)7-24-12-5-6-17-8-18-12;1-19-14(21)20(18-17-19)11-4-3-5-12(22-2)10(11)8-23-13-6-7-15-9-16-13;;;;;/h2-4,7-8,11H,5-6,9H2,1H3;4-8H,3,9H2,1-2H3;2-6H,7H2,1H3;2-6,13H,7H2,1H3;3-7H,8H2,1-2H3;;;;;/q5*-1;;;;;. The minimum atomic E-state index is -4.64. The van der Waals surface area contributed by atoms with Gasteiger partial charge in [0.25, 0.3) is 6.43 Å². The first kappa shape index (κ1) is 102. The Morgan fingerprint density at radius 3 is 0.960 bits per heavy atom. The number of rotatable bonds is 25. The van der Waals surface area contributed by atoms with Crippen molar-refractivity contribution < 1.29 is 219 Å². The van der Waals surface area contributed by atoms with E-state index in [2.05, 4.69) is 140 Å². The molecule has 0 aliphatic heterocycles. The van der Waals surface area contributed by atoms with Crippen LogP contribution >= 0.6 is 0 Å². The molecule has 125 heavy (non-hydrogen) atoms. The van der Waals surface area contributed by atoms with Crippen LogP contribution in [0.25, 0.3) is 28.4 Å². The zero-order valence-corrected chi connectivity index (χ0v) is 81.0. The van der Waals surface area contributed by atoms with Crippen LogP contribution in [0.1, 0.15) is 76.6 Å². The molecule has 0 bridgehead atoms. The van der Waals surface area contributed by atoms with Gasteiger partial charge in [-0.1, -0.05) is 104 Å². The number of alkyl halides is 5. The van der Waals surface area contributed by atoms with E-state index in [0.717, 1.165) is 52.6 Å². The Balaban J connectivity index is 0.000000212. The molecule has 16 rings (SSSR count). The number of hydrogen-bond acceptors (Lipinski definition) is 32. The second kappa shape index (κ2) is 48.9. The van der Waals surface area contributed by atoms with Crippen LogP contribution in [0.3, 0.4) is 0 Å². The van der Waals surface area contributed by atoms with Crippen molar-refractivity contribution in [1.82, 2.24) is 149 Å². The largest absolute Gasteiger partial charge is 0.530 e. The Bertz CT molecular complexity index is 6110. The number of aromatic nitrogens is 30. The number of tetrazole rings is 5. The van der Waals surface area contributed by atoms with Crippen molar-refractivity contribution >= 4 is 0 Å². The molecule has 0 saturated heterocycles. The van der Waals surface area contributed by atoms with E-state index >= 15 is 0 Å². The summed E-state index contributed by atoms with van der Waals surface area (Å²) in [7, 11) is 8.93. The van der Waals surface area contributed by atoms with Crippen LogP contribution in [-0.2, 0) is 238 Å². The van der Waals surface area contributed by atoms with E-state index < -0.39 is 36.2 Å². The van der Waals surface area contributed by atoms with Crippen LogP contribution in [0, 0.1) is 31.6 Å². The molecule has 1 aliphatic carbocycles. The fraction of sp³-hybridized carbons (Fsp3) is 0.247. The van der Waals surface area contributed by atoms with Crippen LogP contribution < -0.4 is 61.6 Å². The van der Waals surface area contributed by atoms with Gasteiger partial charge in [-0.3, -0.25) is 0 Å². The van der Waals surface area contributed by atoms with Crippen molar-refractivity contribution in [3.05, 3.63) is 281 Å². The molecule has 10 aromatic heterocycles. The maximum Gasteiger partial charge on any atom is 0.416 e. The Kier molecular flexibility index (Phi) is 39.8. The smallest absolute Gasteiger partial charge is 0.416 e. The molecule has 633 valence electrons. The van der Waals surface area contributed by atoms with E-state index in [-0.39, 0.29) is 247 Å². The van der Waals surface area contributed by atoms with E-state index in [4.69, 9.17) is 33.2 Å². The average molecular weight is 2090 g/mol. The number of methoxy groups -OCH3 is 1. The molecular formula is C73H64F5N30O12Y5-5. The Morgan fingerprint density at radius 1 is 0.368 bits per heavy atom. The number of ether oxygens (including phenoxy) is 7. The fourth-order valence-corrected chi connectivity index (χ4v) is 11.0. The summed E-state index contributed by atoms with van der Waals surface area (Å²) in [5, 5.41) is 37.3. The van der Waals surface area contributed by atoms with Crippen molar-refractivity contribution in [2.24, 2.45) is 35.2 Å². The van der Waals surface area contributed by atoms with Gasteiger partial charge in [-0.05, 0) is 132 Å². The van der Waals surface area contributed by atoms with Gasteiger partial charge in [0.1, 0.15) is 73.9 Å². The fourth-order valence-electron chi connectivity index (χ4n) is 11.0. The minimum Gasteiger partial charge on any atom is -0.530 e. The van der Waals surface area contributed by atoms with Gasteiger partial charge in [-0.15, -0.1) is 0 Å². The maximum absolute atomic E-state index is 13.4. The van der Waals surface area contributed by atoms with Crippen LogP contribution in [0.4, 0.5) is 22.0 Å². The number of hydrogen-bond donors (Lipinski definition) is 0. The molecule has 0 spiro atoms. The molecule has 1 fully saturated rings. The number of halogens is 5. The molecule has 5 radical (unpaired) electrons. The molecule has 0 unspecified atom stereocenters. The van der Waals surface area contributed by atoms with Crippen molar-refractivity contribution in [3.8, 4) is 69.3 Å². The van der Waals surface area contributed by atoms with Gasteiger partial charge < -0.3 is 83.0 Å². The normalized spacial score (nSPS) is 11.0. The van der Waals surface area contributed by atoms with Crippen LogP contribution in [0.5, 0.6) is 40.9 Å². The minimum absolute atomic E-state index is 0. The molecule has 42 nitrogen and oxygen atoms in total. The van der Waals surface area contributed by atoms with Crippen LogP contribution in [0.15, 0.2) is 176 Å². The van der Waals surface area contributed by atoms with Gasteiger partial charge >= 0.3 is 34.6 Å². The third kappa shape index (κ3) is 26.4. The van der Waals surface area contributed by atoms with E-state index in [1.807, 2.05) is 19.1 Å². The predicted molar refractivity (Wildman–Crippen MR) is 399 cm³/mol. The summed E-state index contributed by atoms with van der Waals surface area (Å²) in [6, 6.07) is 31.8. The number of nitrogens with zero attached hydrogens (tertiary/aromatic N) is 30. The third-order valence-electron chi connectivity index (χ3n) is 16.9. The predicted octanol–water partition coefficient (Wildman–Crippen LogP) is 3.90. The monoisotopic (exact) mass is 2090 g/mol. The summed E-state index contributed by atoms with van der Waals surface area (Å²) in [4.78, 5) is 98.0. The summed E-state index contributed by atoms with van der Waals surface area (Å²) < 4.78 is 116. The van der Waals surface area contributed by atoms with Crippen LogP contribution in [0.2, 0.25) is 0 Å². The van der Waals surface area contributed by atoms with Gasteiger partial charge in [0.2, 0.25) is 0 Å². The molecule has 15 aromatic rings. The molecule has 52 heteroatoms. The first-order valence-electron chi connectivity index (χ1n) is 35.3. The number of benzene rings is 5. The van der Waals surface area contributed by atoms with Gasteiger partial charge in [-0.25, -0.2) is 32.8 Å². The van der Waals surface area contributed by atoms with Gasteiger partial charge in [0.05, 0.1) is 58.8 Å². The Hall–Kier alpha value is -10.4. The quantitative estimate of drug-likeness (QED) is 0.0578. The summed E-state index contributed by atoms with van der Waals surface area (Å²) in [5.41, 5.74) is 1.67. The zero-order valence-electron chi connectivity index (χ0n) is 66.8. The van der Waals surface area contributed by atoms with Gasteiger partial charge in [-0.2, -0.15) is 60.0 Å². The van der Waals surface area contributed by atoms with Crippen molar-refractivity contribution in [2.45, 2.75) is 71.3 Å². The SMILES string of the molecule is CCOc1cccc(-n2nnn(C)c2=O)c1COc1ccn[c-]n1.COc1cccc(-n2nnn(C)c2=O)c1COc1ccn[c-]n1.Cn1nnn(-c2cccc(C(F)(F)F)c2COc2ccn[c-]n2)c1=O.Cn1nnn(-c2cccc(C(F)F)c2COc2ccn[c-]n2)c1=O.Cn1nnn(-c2cccc(C3CC3)c2COc2ccn[c-]n2)c1=O.[Y].[Y].[Y].[Y].[Y]. The molecule has 0 atom stereocenters. The van der Waals surface area contributed by atoms with Crippen LogP contribution in [-0.4, -0.2) is 163 Å². The zero-order chi connectivity index (χ0) is 84.8. The summed E-state index contributed by atoms with van der Waals surface area (Å²) in [5.74, 6) is 3.07. The molecule has 5 aromatic carbocycles. The van der Waals surface area contributed by atoms with Gasteiger partial charge in [0.15, 0.2) is 0 Å². The van der Waals surface area contributed by atoms with E-state index in [9.17, 15) is 45.9 Å². The summed E-state index contributed by atoms with van der Waals surface area (Å²) in [6.45, 7) is 2.20. The van der Waals surface area contributed by atoms with E-state index in [1.54, 1.807) is 75.0 Å². The third-order valence-corrected chi connectivity index (χ3v) is 16.9. The molecular weight excluding hydrogens is 2030 g/mol. The second-order valence-electron chi connectivity index (χ2n) is 24.6. The number of aryl methyl sites for hydroxylation is 5. The van der Waals surface area contributed by atoms with Crippen molar-refractivity contribution in [3.63, 3.8) is 0 Å². The summed E-state index contributed by atoms with van der Waals surface area (Å²) in [6.07, 6.45) is 14.3. The van der Waals surface area contributed by atoms with E-state index in [1.165, 1.54) is 120 Å². The van der Waals surface area contributed by atoms with Crippen molar-refractivity contribution in [2.75, 3.05) is 13.7 Å². The Morgan fingerprint density at radius 2 is 0.656 bits per heavy atom. The Labute approximate surface area is 828 Å². The summed E-state index contributed by atoms with van der Waals surface area (Å²) >= 11 is 0. The van der Waals surface area contributed by atoms with E-state index in [0.29, 0.717) is 69.9 Å². The topological polar surface area (TPSA) is 457 Å². The van der Waals surface area contributed by atoms with Crippen molar-refractivity contribution in [1.29, 1.82) is 0 Å². The molecule has 0 amide bonds. The second-order valence-corrected chi connectivity index (χ2v) is 24.6. The first-order chi connectivity index (χ1) is 58.1. The van der Waals surface area contributed by atoms with Gasteiger partial charge in [0, 0.05) is 253 Å².